The standard InChI is InChI=1S/C18H16Cl2N4/c19-14-6-1-12(2-7-14)3-10-16-11-17(24(23-16)18(21)22)13-4-8-15(20)9-5-13/h1-10,17H,11H2,(H3,21,22)/b10-3+. The molecule has 1 atom stereocenters. The van der Waals surface area contributed by atoms with Crippen LogP contribution in [0.25, 0.3) is 6.08 Å². The molecule has 0 bridgehead atoms. The average molecular weight is 359 g/mol. The molecule has 2 aromatic rings. The van der Waals surface area contributed by atoms with Gasteiger partial charge in [-0.25, -0.2) is 5.01 Å². The van der Waals surface area contributed by atoms with Crippen LogP contribution in [0.15, 0.2) is 59.7 Å². The third-order valence-electron chi connectivity index (χ3n) is 3.77. The van der Waals surface area contributed by atoms with Crippen molar-refractivity contribution in [2.24, 2.45) is 10.8 Å². The second kappa shape index (κ2) is 7.07. The Bertz CT molecular complexity index is 795. The number of hydrogen-bond donors (Lipinski definition) is 2. The molecule has 24 heavy (non-hydrogen) atoms. The number of rotatable bonds is 3. The van der Waals surface area contributed by atoms with Gasteiger partial charge in [-0.05, 0) is 41.5 Å². The largest absolute Gasteiger partial charge is 0.369 e. The molecule has 1 aliphatic rings. The van der Waals surface area contributed by atoms with Gasteiger partial charge in [-0.1, -0.05) is 53.5 Å². The minimum atomic E-state index is -0.0929. The molecule has 0 radical (unpaired) electrons. The van der Waals surface area contributed by atoms with E-state index in [1.54, 1.807) is 0 Å². The lowest BCUT2D eigenvalue weighted by Crippen LogP contribution is -2.32. The lowest BCUT2D eigenvalue weighted by molar-refractivity contribution is 0.363. The molecule has 0 saturated heterocycles. The highest BCUT2D eigenvalue weighted by Gasteiger charge is 2.28. The Hall–Kier alpha value is -2.30. The van der Waals surface area contributed by atoms with Gasteiger partial charge in [0.2, 0.25) is 5.96 Å². The van der Waals surface area contributed by atoms with Crippen molar-refractivity contribution in [2.45, 2.75) is 12.5 Å². The zero-order chi connectivity index (χ0) is 17.1. The van der Waals surface area contributed by atoms with Crippen molar-refractivity contribution >= 4 is 40.9 Å². The molecule has 3 N–H and O–H groups in total. The van der Waals surface area contributed by atoms with Gasteiger partial charge in [0.15, 0.2) is 0 Å². The summed E-state index contributed by atoms with van der Waals surface area (Å²) in [5.74, 6) is -0.0788. The highest BCUT2D eigenvalue weighted by molar-refractivity contribution is 6.30. The van der Waals surface area contributed by atoms with E-state index in [4.69, 9.17) is 34.3 Å². The topological polar surface area (TPSA) is 65.5 Å². The summed E-state index contributed by atoms with van der Waals surface area (Å²) in [6.07, 6.45) is 4.58. The van der Waals surface area contributed by atoms with Crippen molar-refractivity contribution in [3.8, 4) is 0 Å². The second-order valence-electron chi connectivity index (χ2n) is 5.48. The van der Waals surface area contributed by atoms with E-state index in [-0.39, 0.29) is 12.0 Å². The van der Waals surface area contributed by atoms with Crippen LogP contribution in [0.1, 0.15) is 23.6 Å². The highest BCUT2D eigenvalue weighted by Crippen LogP contribution is 2.31. The Labute approximate surface area is 150 Å². The van der Waals surface area contributed by atoms with Gasteiger partial charge in [-0.2, -0.15) is 5.10 Å². The fourth-order valence-corrected chi connectivity index (χ4v) is 2.82. The maximum atomic E-state index is 7.76. The van der Waals surface area contributed by atoms with E-state index in [1.165, 1.54) is 5.01 Å². The summed E-state index contributed by atoms with van der Waals surface area (Å²) >= 11 is 11.8. The number of halogens is 2. The fraction of sp³-hybridized carbons (Fsp3) is 0.111. The average Bonchev–Trinajstić information content (AvgIpc) is 3.00. The van der Waals surface area contributed by atoms with Crippen molar-refractivity contribution in [1.29, 1.82) is 5.41 Å². The van der Waals surface area contributed by atoms with Gasteiger partial charge < -0.3 is 5.73 Å². The van der Waals surface area contributed by atoms with E-state index >= 15 is 0 Å². The predicted octanol–water partition coefficient (Wildman–Crippen LogP) is 4.70. The predicted molar refractivity (Wildman–Crippen MR) is 100 cm³/mol. The lowest BCUT2D eigenvalue weighted by Gasteiger charge is -2.21. The number of nitrogens with zero attached hydrogens (tertiary/aromatic N) is 2. The van der Waals surface area contributed by atoms with Crippen LogP contribution in [0.4, 0.5) is 0 Å². The number of hydrogen-bond acceptors (Lipinski definition) is 2. The van der Waals surface area contributed by atoms with Crippen molar-refractivity contribution in [3.05, 3.63) is 75.8 Å². The molecule has 1 heterocycles. The molecule has 0 amide bonds. The van der Waals surface area contributed by atoms with E-state index < -0.39 is 0 Å². The molecular weight excluding hydrogens is 343 g/mol. The molecule has 1 aliphatic heterocycles. The van der Waals surface area contributed by atoms with Crippen LogP contribution in [0.2, 0.25) is 10.0 Å². The molecule has 1 unspecified atom stereocenters. The van der Waals surface area contributed by atoms with Gasteiger partial charge >= 0.3 is 0 Å². The Kier molecular flexibility index (Phi) is 4.88. The number of hydrazone groups is 1. The van der Waals surface area contributed by atoms with Crippen LogP contribution in [0, 0.1) is 5.41 Å². The van der Waals surface area contributed by atoms with Gasteiger partial charge in [0.05, 0.1) is 11.8 Å². The van der Waals surface area contributed by atoms with Crippen LogP contribution in [0.3, 0.4) is 0 Å². The maximum absolute atomic E-state index is 7.76. The molecule has 3 rings (SSSR count). The minimum Gasteiger partial charge on any atom is -0.369 e. The van der Waals surface area contributed by atoms with Gasteiger partial charge in [0.25, 0.3) is 0 Å². The van der Waals surface area contributed by atoms with E-state index in [9.17, 15) is 0 Å². The van der Waals surface area contributed by atoms with Crippen molar-refractivity contribution in [2.75, 3.05) is 0 Å². The molecule has 4 nitrogen and oxygen atoms in total. The van der Waals surface area contributed by atoms with Crippen molar-refractivity contribution < 1.29 is 0 Å². The Morgan fingerprint density at radius 1 is 1.04 bits per heavy atom. The van der Waals surface area contributed by atoms with E-state index in [2.05, 4.69) is 5.10 Å². The molecule has 0 fully saturated rings. The van der Waals surface area contributed by atoms with Crippen LogP contribution < -0.4 is 5.73 Å². The molecule has 0 spiro atoms. The summed E-state index contributed by atoms with van der Waals surface area (Å²) < 4.78 is 0. The lowest BCUT2D eigenvalue weighted by atomic mass is 10.0. The molecular formula is C18H16Cl2N4. The number of nitrogens with one attached hydrogen (secondary N) is 1. The van der Waals surface area contributed by atoms with Crippen molar-refractivity contribution in [1.82, 2.24) is 5.01 Å². The fourth-order valence-electron chi connectivity index (χ4n) is 2.57. The smallest absolute Gasteiger partial charge is 0.209 e. The SMILES string of the molecule is N=C(N)N1N=C(/C=C/c2ccc(Cl)cc2)CC1c1ccc(Cl)cc1. The summed E-state index contributed by atoms with van der Waals surface area (Å²) in [5.41, 5.74) is 8.60. The van der Waals surface area contributed by atoms with Crippen molar-refractivity contribution in [3.63, 3.8) is 0 Å². The number of guanidine groups is 1. The first kappa shape index (κ1) is 16.6. The van der Waals surface area contributed by atoms with Gasteiger partial charge in [-0.3, -0.25) is 5.41 Å². The first-order valence-corrected chi connectivity index (χ1v) is 8.18. The summed E-state index contributed by atoms with van der Waals surface area (Å²) in [7, 11) is 0. The third-order valence-corrected chi connectivity index (χ3v) is 4.28. The van der Waals surface area contributed by atoms with Gasteiger partial charge in [-0.15, -0.1) is 0 Å². The van der Waals surface area contributed by atoms with Crippen LogP contribution in [0.5, 0.6) is 0 Å². The third kappa shape index (κ3) is 3.78. The minimum absolute atomic E-state index is 0.0788. The number of nitrogens with two attached hydrogens (primary N) is 1. The van der Waals surface area contributed by atoms with E-state index in [1.807, 2.05) is 60.7 Å². The number of allylic oxidation sites excluding steroid dienone is 1. The molecule has 0 aromatic heterocycles. The van der Waals surface area contributed by atoms with Crippen LogP contribution in [-0.4, -0.2) is 16.7 Å². The molecule has 0 aliphatic carbocycles. The zero-order valence-electron chi connectivity index (χ0n) is 12.8. The van der Waals surface area contributed by atoms with Crippen LogP contribution in [-0.2, 0) is 0 Å². The quantitative estimate of drug-likeness (QED) is 0.616. The van der Waals surface area contributed by atoms with E-state index in [0.29, 0.717) is 16.5 Å². The highest BCUT2D eigenvalue weighted by atomic mass is 35.5. The summed E-state index contributed by atoms with van der Waals surface area (Å²) in [6, 6.07) is 15.0. The normalized spacial score (nSPS) is 17.3. The first-order valence-electron chi connectivity index (χ1n) is 7.43. The maximum Gasteiger partial charge on any atom is 0.209 e. The zero-order valence-corrected chi connectivity index (χ0v) is 14.3. The molecule has 122 valence electrons. The van der Waals surface area contributed by atoms with Gasteiger partial charge in [0.1, 0.15) is 0 Å². The van der Waals surface area contributed by atoms with E-state index in [0.717, 1.165) is 16.8 Å². The first-order chi connectivity index (χ1) is 11.5. The second-order valence-corrected chi connectivity index (χ2v) is 6.35. The Morgan fingerprint density at radius 3 is 2.21 bits per heavy atom. The monoisotopic (exact) mass is 358 g/mol. The van der Waals surface area contributed by atoms with Gasteiger partial charge in [0, 0.05) is 16.5 Å². The summed E-state index contributed by atoms with van der Waals surface area (Å²) in [5, 5.41) is 15.1. The molecule has 6 heteroatoms. The number of benzene rings is 2. The molecule has 0 saturated carbocycles. The Balaban J connectivity index is 1.80. The van der Waals surface area contributed by atoms with Crippen LogP contribution >= 0.6 is 23.2 Å². The summed E-state index contributed by atoms with van der Waals surface area (Å²) in [6.45, 7) is 0. The summed E-state index contributed by atoms with van der Waals surface area (Å²) in [4.78, 5) is 0. The molecule has 2 aromatic carbocycles. The Morgan fingerprint density at radius 2 is 1.62 bits per heavy atom.